The van der Waals surface area contributed by atoms with Crippen molar-refractivity contribution in [1.82, 2.24) is 4.31 Å². The van der Waals surface area contributed by atoms with Crippen LogP contribution in [0.2, 0.25) is 0 Å². The SMILES string of the molecule is COc1cc(C)c(S(=O)(=O)N2CCC[C@]3(CCC[C@H]3O)C2)c(C)c1C. The zero-order valence-corrected chi connectivity index (χ0v) is 16.4. The van der Waals surface area contributed by atoms with Crippen molar-refractivity contribution in [3.8, 4) is 5.75 Å². The molecule has 1 aromatic rings. The molecule has 6 heteroatoms. The summed E-state index contributed by atoms with van der Waals surface area (Å²) in [6, 6.07) is 1.80. The molecule has 1 saturated carbocycles. The molecule has 5 nitrogen and oxygen atoms in total. The summed E-state index contributed by atoms with van der Waals surface area (Å²) in [5.41, 5.74) is 2.07. The van der Waals surface area contributed by atoms with Gasteiger partial charge in [-0.2, -0.15) is 4.31 Å². The average molecular weight is 368 g/mol. The molecule has 25 heavy (non-hydrogen) atoms. The van der Waals surface area contributed by atoms with Crippen LogP contribution in [0.3, 0.4) is 0 Å². The molecule has 0 aromatic heterocycles. The van der Waals surface area contributed by atoms with Gasteiger partial charge in [-0.1, -0.05) is 6.42 Å². The first-order chi connectivity index (χ1) is 11.7. The van der Waals surface area contributed by atoms with Gasteiger partial charge in [0.2, 0.25) is 10.0 Å². The van der Waals surface area contributed by atoms with E-state index in [0.29, 0.717) is 23.5 Å². The number of aliphatic hydroxyl groups excluding tert-OH is 1. The van der Waals surface area contributed by atoms with Gasteiger partial charge in [-0.3, -0.25) is 0 Å². The van der Waals surface area contributed by atoms with E-state index in [9.17, 15) is 13.5 Å². The second-order valence-corrected chi connectivity index (χ2v) is 9.56. The summed E-state index contributed by atoms with van der Waals surface area (Å²) in [7, 11) is -1.99. The van der Waals surface area contributed by atoms with Gasteiger partial charge < -0.3 is 9.84 Å². The quantitative estimate of drug-likeness (QED) is 0.892. The Morgan fingerprint density at radius 2 is 1.88 bits per heavy atom. The van der Waals surface area contributed by atoms with Crippen LogP contribution in [0.15, 0.2) is 11.0 Å². The number of piperidine rings is 1. The molecule has 0 amide bonds. The third-order valence-corrected chi connectivity index (χ3v) is 8.36. The molecule has 1 heterocycles. The van der Waals surface area contributed by atoms with Crippen LogP contribution in [0, 0.1) is 26.2 Å². The van der Waals surface area contributed by atoms with Crippen molar-refractivity contribution < 1.29 is 18.3 Å². The van der Waals surface area contributed by atoms with Gasteiger partial charge in [-0.15, -0.1) is 0 Å². The monoisotopic (exact) mass is 367 g/mol. The average Bonchev–Trinajstić information content (AvgIpc) is 2.91. The van der Waals surface area contributed by atoms with Crippen LogP contribution in [0.5, 0.6) is 5.75 Å². The molecule has 3 rings (SSSR count). The van der Waals surface area contributed by atoms with Crippen LogP contribution in [-0.4, -0.2) is 44.1 Å². The maximum atomic E-state index is 13.4. The largest absolute Gasteiger partial charge is 0.496 e. The number of aryl methyl sites for hydroxylation is 1. The molecule has 2 atom stereocenters. The van der Waals surface area contributed by atoms with E-state index in [4.69, 9.17) is 4.74 Å². The predicted octanol–water partition coefficient (Wildman–Crippen LogP) is 2.94. The Labute approximate surface area is 151 Å². The number of rotatable bonds is 3. The highest BCUT2D eigenvalue weighted by atomic mass is 32.2. The Bertz CT molecular complexity index is 774. The molecule has 2 fully saturated rings. The number of aliphatic hydroxyl groups is 1. The summed E-state index contributed by atoms with van der Waals surface area (Å²) in [6.45, 7) is 6.53. The normalized spacial score (nSPS) is 27.8. The van der Waals surface area contributed by atoms with Gasteiger partial charge in [0.05, 0.1) is 18.1 Å². The van der Waals surface area contributed by atoms with Crippen LogP contribution >= 0.6 is 0 Å². The topological polar surface area (TPSA) is 66.8 Å². The number of benzene rings is 1. The van der Waals surface area contributed by atoms with Crippen molar-refractivity contribution in [2.24, 2.45) is 5.41 Å². The Hall–Kier alpha value is -1.11. The Morgan fingerprint density at radius 1 is 1.20 bits per heavy atom. The van der Waals surface area contributed by atoms with Gasteiger partial charge in [0.1, 0.15) is 5.75 Å². The summed E-state index contributed by atoms with van der Waals surface area (Å²) >= 11 is 0. The van der Waals surface area contributed by atoms with Crippen molar-refractivity contribution in [1.29, 1.82) is 0 Å². The molecule has 1 aromatic carbocycles. The molecule has 0 radical (unpaired) electrons. The number of ether oxygens (including phenoxy) is 1. The third-order valence-electron chi connectivity index (χ3n) is 6.23. The second-order valence-electron chi connectivity index (χ2n) is 7.69. The zero-order chi connectivity index (χ0) is 18.4. The van der Waals surface area contributed by atoms with Crippen LogP contribution in [-0.2, 0) is 10.0 Å². The minimum Gasteiger partial charge on any atom is -0.496 e. The van der Waals surface area contributed by atoms with Gasteiger partial charge in [-0.25, -0.2) is 8.42 Å². The van der Waals surface area contributed by atoms with Crippen LogP contribution in [0.4, 0.5) is 0 Å². The second kappa shape index (κ2) is 6.56. The number of hydrogen-bond donors (Lipinski definition) is 1. The van der Waals surface area contributed by atoms with Gasteiger partial charge in [0, 0.05) is 18.5 Å². The standard InChI is InChI=1S/C19H29NO4S/c1-13-11-16(24-4)14(2)15(3)18(13)25(22,23)20-10-6-9-19(12-20)8-5-7-17(19)21/h11,17,21H,5-10,12H2,1-4H3/t17-,19-/m1/s1. The fourth-order valence-corrected chi connectivity index (χ4v) is 6.74. The van der Waals surface area contributed by atoms with Gasteiger partial charge in [-0.05, 0) is 69.2 Å². The van der Waals surface area contributed by atoms with E-state index < -0.39 is 10.0 Å². The van der Waals surface area contributed by atoms with E-state index in [1.165, 1.54) is 0 Å². The molecule has 1 saturated heterocycles. The van der Waals surface area contributed by atoms with Gasteiger partial charge in [0.15, 0.2) is 0 Å². The van der Waals surface area contributed by atoms with Crippen molar-refractivity contribution in [2.75, 3.05) is 20.2 Å². The Balaban J connectivity index is 2.01. The predicted molar refractivity (Wildman–Crippen MR) is 97.5 cm³/mol. The van der Waals surface area contributed by atoms with Gasteiger partial charge in [0.25, 0.3) is 0 Å². The lowest BCUT2D eigenvalue weighted by Crippen LogP contribution is -2.49. The Kier molecular flexibility index (Phi) is 4.90. The molecule has 1 N–H and O–H groups in total. The molecule has 140 valence electrons. The molecule has 2 aliphatic rings. The van der Waals surface area contributed by atoms with Crippen LogP contribution in [0.1, 0.15) is 48.8 Å². The fraction of sp³-hybridized carbons (Fsp3) is 0.684. The fourth-order valence-electron chi connectivity index (χ4n) is 4.68. The van der Waals surface area contributed by atoms with Gasteiger partial charge >= 0.3 is 0 Å². The summed E-state index contributed by atoms with van der Waals surface area (Å²) in [5.74, 6) is 0.718. The molecular formula is C19H29NO4S. The molecule has 1 aliphatic carbocycles. The van der Waals surface area contributed by atoms with E-state index in [0.717, 1.165) is 49.0 Å². The number of nitrogens with zero attached hydrogens (tertiary/aromatic N) is 1. The van der Waals surface area contributed by atoms with Crippen molar-refractivity contribution in [2.45, 2.75) is 63.9 Å². The third kappa shape index (κ3) is 2.98. The summed E-state index contributed by atoms with van der Waals surface area (Å²) < 4.78 is 33.8. The van der Waals surface area contributed by atoms with Crippen LogP contribution < -0.4 is 4.74 Å². The van der Waals surface area contributed by atoms with Crippen molar-refractivity contribution in [3.05, 3.63) is 22.8 Å². The summed E-state index contributed by atoms with van der Waals surface area (Å²) in [6.07, 6.45) is 4.02. The first-order valence-corrected chi connectivity index (χ1v) is 10.5. The molecular weight excluding hydrogens is 338 g/mol. The molecule has 0 bridgehead atoms. The molecule has 0 unspecified atom stereocenters. The van der Waals surface area contributed by atoms with Crippen molar-refractivity contribution >= 4 is 10.0 Å². The summed E-state index contributed by atoms with van der Waals surface area (Å²) in [5, 5.41) is 10.4. The van der Waals surface area contributed by atoms with Crippen LogP contribution in [0.25, 0.3) is 0 Å². The molecule has 1 aliphatic heterocycles. The van der Waals surface area contributed by atoms with E-state index in [1.54, 1.807) is 17.5 Å². The van der Waals surface area contributed by atoms with E-state index in [-0.39, 0.29) is 11.5 Å². The first kappa shape index (κ1) is 18.7. The first-order valence-electron chi connectivity index (χ1n) is 9.06. The Morgan fingerprint density at radius 3 is 2.48 bits per heavy atom. The lowest BCUT2D eigenvalue weighted by Gasteiger charge is -2.42. The maximum absolute atomic E-state index is 13.4. The van der Waals surface area contributed by atoms with E-state index in [1.807, 2.05) is 20.8 Å². The van der Waals surface area contributed by atoms with Crippen molar-refractivity contribution in [3.63, 3.8) is 0 Å². The maximum Gasteiger partial charge on any atom is 0.243 e. The summed E-state index contributed by atoms with van der Waals surface area (Å²) in [4.78, 5) is 0.398. The minimum absolute atomic E-state index is 0.255. The highest BCUT2D eigenvalue weighted by Gasteiger charge is 2.47. The number of methoxy groups -OCH3 is 1. The lowest BCUT2D eigenvalue weighted by molar-refractivity contribution is 0.0127. The van der Waals surface area contributed by atoms with E-state index in [2.05, 4.69) is 0 Å². The highest BCUT2D eigenvalue weighted by Crippen LogP contribution is 2.46. The molecule has 1 spiro atoms. The number of hydrogen-bond acceptors (Lipinski definition) is 4. The lowest BCUT2D eigenvalue weighted by atomic mass is 9.77. The minimum atomic E-state index is -3.59. The number of sulfonamides is 1. The zero-order valence-electron chi connectivity index (χ0n) is 15.6. The highest BCUT2D eigenvalue weighted by molar-refractivity contribution is 7.89. The smallest absolute Gasteiger partial charge is 0.243 e. The van der Waals surface area contributed by atoms with E-state index >= 15 is 0 Å².